The van der Waals surface area contributed by atoms with Crippen LogP contribution in [-0.2, 0) is 6.42 Å². The average Bonchev–Trinajstić information content (AvgIpc) is 3.19. The van der Waals surface area contributed by atoms with E-state index in [1.807, 2.05) is 53.1 Å². The maximum Gasteiger partial charge on any atom is 0.195 e. The Morgan fingerprint density at radius 2 is 2.16 bits per heavy atom. The van der Waals surface area contributed by atoms with Crippen LogP contribution in [0, 0.1) is 18.3 Å². The van der Waals surface area contributed by atoms with Crippen molar-refractivity contribution >= 4 is 27.9 Å². The van der Waals surface area contributed by atoms with Crippen LogP contribution >= 0.6 is 22.9 Å². The maximum atomic E-state index is 9.34. The van der Waals surface area contributed by atoms with E-state index in [1.165, 1.54) is 0 Å². The molecule has 6 heteroatoms. The van der Waals surface area contributed by atoms with Crippen LogP contribution in [0.1, 0.15) is 11.3 Å². The summed E-state index contributed by atoms with van der Waals surface area (Å²) in [7, 11) is 0. The van der Waals surface area contributed by atoms with Gasteiger partial charge < -0.3 is 0 Å². The molecule has 0 fully saturated rings. The third-order valence-corrected chi connectivity index (χ3v) is 5.31. The van der Waals surface area contributed by atoms with Crippen molar-refractivity contribution in [1.82, 2.24) is 14.4 Å². The van der Waals surface area contributed by atoms with Crippen LogP contribution in [0.5, 0.6) is 0 Å². The smallest absolute Gasteiger partial charge is 0.195 e. The molecule has 0 bridgehead atoms. The van der Waals surface area contributed by atoms with Gasteiger partial charge >= 0.3 is 0 Å². The molecule has 3 aromatic heterocycles. The zero-order valence-electron chi connectivity index (χ0n) is 13.4. The lowest BCUT2D eigenvalue weighted by Gasteiger charge is -2.05. The number of halogens is 1. The van der Waals surface area contributed by atoms with Crippen LogP contribution in [-0.4, -0.2) is 14.4 Å². The quantitative estimate of drug-likeness (QED) is 0.505. The van der Waals surface area contributed by atoms with Crippen LogP contribution in [0.2, 0.25) is 5.02 Å². The number of aromatic nitrogens is 3. The second-order valence-corrected chi connectivity index (χ2v) is 6.90. The summed E-state index contributed by atoms with van der Waals surface area (Å²) in [6, 6.07) is 13.9. The monoisotopic (exact) mass is 364 g/mol. The largest absolute Gasteiger partial charge is 0.284 e. The Morgan fingerprint density at radius 1 is 1.28 bits per heavy atom. The van der Waals surface area contributed by atoms with Gasteiger partial charge in [0.1, 0.15) is 0 Å². The van der Waals surface area contributed by atoms with Crippen LogP contribution < -0.4 is 0 Å². The molecule has 3 heterocycles. The molecule has 4 aromatic rings. The summed E-state index contributed by atoms with van der Waals surface area (Å²) < 4.78 is 2.04. The van der Waals surface area contributed by atoms with Crippen molar-refractivity contribution in [2.45, 2.75) is 13.3 Å². The van der Waals surface area contributed by atoms with E-state index in [1.54, 1.807) is 17.5 Å². The minimum Gasteiger partial charge on any atom is -0.284 e. The average molecular weight is 365 g/mol. The lowest BCUT2D eigenvalue weighted by atomic mass is 10.1. The molecule has 0 saturated heterocycles. The number of nitrogens with zero attached hydrogens (tertiary/aromatic N) is 4. The topological polar surface area (TPSA) is 54.0 Å². The highest BCUT2D eigenvalue weighted by Gasteiger charge is 2.19. The number of hydrogen-bond acceptors (Lipinski definition) is 4. The number of fused-ring (bicyclic) bond motifs is 1. The Bertz CT molecular complexity index is 1110. The standard InChI is InChI=1S/C19H13ClN4S/c1-12-10-13(5-6-14(12)20)18-16(7-8-21)24-17(11-25-19(24)23-18)15-4-2-3-9-22-15/h2-6,9-11H,7H2,1H3. The number of hydrogen-bond donors (Lipinski definition) is 0. The number of pyridine rings is 1. The van der Waals surface area contributed by atoms with Crippen molar-refractivity contribution in [1.29, 1.82) is 5.26 Å². The predicted octanol–water partition coefficient (Wildman–Crippen LogP) is 5.15. The molecule has 0 aliphatic rings. The van der Waals surface area contributed by atoms with Crippen LogP contribution in [0.25, 0.3) is 27.6 Å². The van der Waals surface area contributed by atoms with Gasteiger partial charge in [0, 0.05) is 22.2 Å². The van der Waals surface area contributed by atoms with Crippen molar-refractivity contribution in [2.75, 3.05) is 0 Å². The highest BCUT2D eigenvalue weighted by Crippen LogP contribution is 2.33. The summed E-state index contributed by atoms with van der Waals surface area (Å²) in [4.78, 5) is 10.1. The van der Waals surface area contributed by atoms with E-state index in [0.717, 1.165) is 43.9 Å². The first kappa shape index (κ1) is 15.8. The summed E-state index contributed by atoms with van der Waals surface area (Å²) >= 11 is 7.70. The summed E-state index contributed by atoms with van der Waals surface area (Å²) in [5, 5.41) is 12.1. The maximum absolute atomic E-state index is 9.34. The first-order valence-corrected chi connectivity index (χ1v) is 8.98. The molecule has 0 N–H and O–H groups in total. The van der Waals surface area contributed by atoms with E-state index in [9.17, 15) is 5.26 Å². The molecule has 1 aromatic carbocycles. The van der Waals surface area contributed by atoms with Crippen LogP contribution in [0.15, 0.2) is 48.0 Å². The molecule has 4 rings (SSSR count). The minimum atomic E-state index is 0.273. The van der Waals surface area contributed by atoms with E-state index in [0.29, 0.717) is 0 Å². The molecule has 0 spiro atoms. The Kier molecular flexibility index (Phi) is 4.00. The fourth-order valence-corrected chi connectivity index (χ4v) is 3.89. The van der Waals surface area contributed by atoms with Gasteiger partial charge in [-0.05, 0) is 36.8 Å². The highest BCUT2D eigenvalue weighted by atomic mass is 35.5. The van der Waals surface area contributed by atoms with Crippen molar-refractivity contribution < 1.29 is 0 Å². The van der Waals surface area contributed by atoms with Gasteiger partial charge in [0.25, 0.3) is 0 Å². The van der Waals surface area contributed by atoms with Gasteiger partial charge in [-0.2, -0.15) is 5.26 Å². The number of rotatable bonds is 3. The molecule has 0 saturated carbocycles. The highest BCUT2D eigenvalue weighted by molar-refractivity contribution is 7.15. The minimum absolute atomic E-state index is 0.273. The first-order chi connectivity index (χ1) is 12.2. The Labute approximate surface area is 154 Å². The van der Waals surface area contributed by atoms with Crippen molar-refractivity contribution in [3.05, 3.63) is 64.3 Å². The summed E-state index contributed by atoms with van der Waals surface area (Å²) in [5.41, 5.74) is 5.48. The van der Waals surface area contributed by atoms with Crippen LogP contribution in [0.4, 0.5) is 0 Å². The lowest BCUT2D eigenvalue weighted by Crippen LogP contribution is -1.96. The van der Waals surface area contributed by atoms with Crippen molar-refractivity contribution in [3.8, 4) is 28.7 Å². The third kappa shape index (κ3) is 2.70. The SMILES string of the molecule is Cc1cc(-c2nc3scc(-c4ccccn4)n3c2CC#N)ccc1Cl. The summed E-state index contributed by atoms with van der Waals surface area (Å²) in [5.74, 6) is 0. The molecular formula is C19H13ClN4S. The molecule has 0 amide bonds. The van der Waals surface area contributed by atoms with E-state index in [-0.39, 0.29) is 6.42 Å². The van der Waals surface area contributed by atoms with Gasteiger partial charge in [0.05, 0.1) is 35.3 Å². The molecule has 0 aliphatic carbocycles. The van der Waals surface area contributed by atoms with E-state index in [4.69, 9.17) is 16.6 Å². The zero-order chi connectivity index (χ0) is 17.4. The summed E-state index contributed by atoms with van der Waals surface area (Å²) in [6.45, 7) is 1.97. The van der Waals surface area contributed by atoms with Gasteiger partial charge in [-0.25, -0.2) is 4.98 Å². The van der Waals surface area contributed by atoms with Gasteiger partial charge in [-0.1, -0.05) is 23.7 Å². The number of nitriles is 1. The fraction of sp³-hybridized carbons (Fsp3) is 0.105. The van der Waals surface area contributed by atoms with Gasteiger partial charge in [-0.15, -0.1) is 11.3 Å². The molecule has 122 valence electrons. The van der Waals surface area contributed by atoms with Gasteiger partial charge in [0.15, 0.2) is 4.96 Å². The molecular weight excluding hydrogens is 352 g/mol. The van der Waals surface area contributed by atoms with Gasteiger partial charge in [0.2, 0.25) is 0 Å². The molecule has 0 radical (unpaired) electrons. The molecule has 0 unspecified atom stereocenters. The Balaban J connectivity index is 1.97. The van der Waals surface area contributed by atoms with E-state index >= 15 is 0 Å². The van der Waals surface area contributed by atoms with Crippen LogP contribution in [0.3, 0.4) is 0 Å². The number of benzene rings is 1. The molecule has 25 heavy (non-hydrogen) atoms. The number of imidazole rings is 1. The third-order valence-electron chi connectivity index (χ3n) is 4.06. The zero-order valence-corrected chi connectivity index (χ0v) is 15.0. The summed E-state index contributed by atoms with van der Waals surface area (Å²) in [6.07, 6.45) is 2.04. The lowest BCUT2D eigenvalue weighted by molar-refractivity contribution is 1.07. The number of aryl methyl sites for hydroxylation is 1. The van der Waals surface area contributed by atoms with Crippen molar-refractivity contribution in [3.63, 3.8) is 0 Å². The Morgan fingerprint density at radius 3 is 2.88 bits per heavy atom. The first-order valence-electron chi connectivity index (χ1n) is 7.72. The predicted molar refractivity (Wildman–Crippen MR) is 101 cm³/mol. The second kappa shape index (κ2) is 6.32. The molecule has 0 atom stereocenters. The van der Waals surface area contributed by atoms with E-state index in [2.05, 4.69) is 11.1 Å². The Hall–Kier alpha value is -2.68. The molecule has 0 aliphatic heterocycles. The normalized spacial score (nSPS) is 10.9. The fourth-order valence-electron chi connectivity index (χ4n) is 2.87. The van der Waals surface area contributed by atoms with Crippen molar-refractivity contribution in [2.24, 2.45) is 0 Å². The second-order valence-electron chi connectivity index (χ2n) is 5.66. The van der Waals surface area contributed by atoms with E-state index < -0.39 is 0 Å². The number of thiazole rings is 1. The molecule has 4 nitrogen and oxygen atoms in total. The van der Waals surface area contributed by atoms with Gasteiger partial charge in [-0.3, -0.25) is 9.38 Å².